The Bertz CT molecular complexity index is 503. The minimum Gasteiger partial charge on any atom is -0.346 e. The van der Waals surface area contributed by atoms with Gasteiger partial charge in [0.1, 0.15) is 5.82 Å². The number of rotatable bonds is 2. The molecule has 0 aromatic heterocycles. The van der Waals surface area contributed by atoms with Gasteiger partial charge in [-0.3, -0.25) is 25.2 Å². The van der Waals surface area contributed by atoms with Gasteiger partial charge in [0.2, 0.25) is 0 Å². The van der Waals surface area contributed by atoms with Crippen molar-refractivity contribution in [1.82, 2.24) is 16.2 Å². The van der Waals surface area contributed by atoms with E-state index in [1.54, 1.807) is 13.8 Å². The van der Waals surface area contributed by atoms with Crippen LogP contribution in [0.15, 0.2) is 24.3 Å². The van der Waals surface area contributed by atoms with E-state index >= 15 is 0 Å². The van der Waals surface area contributed by atoms with Gasteiger partial charge >= 0.3 is 11.8 Å². The van der Waals surface area contributed by atoms with Crippen molar-refractivity contribution < 1.29 is 18.8 Å². The van der Waals surface area contributed by atoms with E-state index in [1.807, 2.05) is 10.9 Å². The standard InChI is InChI=1S/C12H14FN3O3/c1-7(2)14-11(18)12(19)16-15-10(17)8-5-3-4-6-9(8)13/h3-7H,1-2H3,(H,14,18)(H,15,17)(H,16,19). The molecule has 0 saturated heterocycles. The number of hydrazine groups is 1. The van der Waals surface area contributed by atoms with Gasteiger partial charge in [0.25, 0.3) is 5.91 Å². The first kappa shape index (κ1) is 14.6. The summed E-state index contributed by atoms with van der Waals surface area (Å²) < 4.78 is 13.2. The van der Waals surface area contributed by atoms with Crippen molar-refractivity contribution in [1.29, 1.82) is 0 Å². The van der Waals surface area contributed by atoms with Gasteiger partial charge in [0.15, 0.2) is 0 Å². The van der Waals surface area contributed by atoms with E-state index in [4.69, 9.17) is 0 Å². The lowest BCUT2D eigenvalue weighted by molar-refractivity contribution is -0.139. The zero-order valence-electron chi connectivity index (χ0n) is 10.5. The van der Waals surface area contributed by atoms with Crippen molar-refractivity contribution in [2.24, 2.45) is 0 Å². The third-order valence-corrected chi connectivity index (χ3v) is 2.03. The van der Waals surface area contributed by atoms with Crippen molar-refractivity contribution >= 4 is 17.7 Å². The molecule has 0 aliphatic rings. The molecule has 0 aliphatic carbocycles. The van der Waals surface area contributed by atoms with Crippen LogP contribution in [0.3, 0.4) is 0 Å². The maximum Gasteiger partial charge on any atom is 0.327 e. The average Bonchev–Trinajstić information content (AvgIpc) is 2.35. The summed E-state index contributed by atoms with van der Waals surface area (Å²) in [4.78, 5) is 34.0. The summed E-state index contributed by atoms with van der Waals surface area (Å²) >= 11 is 0. The van der Waals surface area contributed by atoms with E-state index in [2.05, 4.69) is 5.32 Å². The molecular formula is C12H14FN3O3. The number of hydrogen-bond acceptors (Lipinski definition) is 3. The summed E-state index contributed by atoms with van der Waals surface area (Å²) in [5, 5.41) is 2.34. The molecule has 0 bridgehead atoms. The highest BCUT2D eigenvalue weighted by Gasteiger charge is 2.16. The minimum atomic E-state index is -1.03. The molecule has 6 nitrogen and oxygen atoms in total. The summed E-state index contributed by atoms with van der Waals surface area (Å²) in [6.45, 7) is 3.37. The molecule has 1 rings (SSSR count). The van der Waals surface area contributed by atoms with Gasteiger partial charge in [0.05, 0.1) is 5.56 Å². The van der Waals surface area contributed by atoms with E-state index in [-0.39, 0.29) is 11.6 Å². The monoisotopic (exact) mass is 267 g/mol. The quantitative estimate of drug-likeness (QED) is 0.525. The van der Waals surface area contributed by atoms with Crippen LogP contribution in [-0.4, -0.2) is 23.8 Å². The molecule has 3 N–H and O–H groups in total. The van der Waals surface area contributed by atoms with E-state index < -0.39 is 23.5 Å². The molecule has 0 aliphatic heterocycles. The number of amides is 3. The van der Waals surface area contributed by atoms with Gasteiger partial charge in [-0.05, 0) is 26.0 Å². The van der Waals surface area contributed by atoms with Crippen molar-refractivity contribution in [2.45, 2.75) is 19.9 Å². The Kier molecular flexibility index (Phi) is 4.99. The summed E-state index contributed by atoms with van der Waals surface area (Å²) in [5.74, 6) is -3.48. The molecule has 0 heterocycles. The SMILES string of the molecule is CC(C)NC(=O)C(=O)NNC(=O)c1ccccc1F. The Balaban J connectivity index is 2.54. The summed E-state index contributed by atoms with van der Waals surface area (Å²) in [6.07, 6.45) is 0. The Labute approximate surface area is 109 Å². The largest absolute Gasteiger partial charge is 0.346 e. The Morgan fingerprint density at radius 3 is 2.26 bits per heavy atom. The van der Waals surface area contributed by atoms with Crippen LogP contribution >= 0.6 is 0 Å². The molecule has 0 radical (unpaired) electrons. The number of carbonyl (C=O) groups is 3. The van der Waals surface area contributed by atoms with Crippen LogP contribution < -0.4 is 16.2 Å². The number of hydrogen-bond donors (Lipinski definition) is 3. The van der Waals surface area contributed by atoms with Crippen LogP contribution in [0.25, 0.3) is 0 Å². The zero-order valence-corrected chi connectivity index (χ0v) is 10.5. The van der Waals surface area contributed by atoms with Gasteiger partial charge < -0.3 is 5.32 Å². The number of benzene rings is 1. The Hall–Kier alpha value is -2.44. The molecule has 0 unspecified atom stereocenters. The molecule has 0 spiro atoms. The summed E-state index contributed by atoms with van der Waals surface area (Å²) in [6, 6.07) is 5.07. The van der Waals surface area contributed by atoms with Crippen molar-refractivity contribution in [2.75, 3.05) is 0 Å². The van der Waals surface area contributed by atoms with Gasteiger partial charge in [-0.1, -0.05) is 12.1 Å². The number of nitrogens with one attached hydrogen (secondary N) is 3. The van der Waals surface area contributed by atoms with Gasteiger partial charge in [0, 0.05) is 6.04 Å². The Morgan fingerprint density at radius 1 is 1.05 bits per heavy atom. The predicted molar refractivity (Wildman–Crippen MR) is 65.3 cm³/mol. The highest BCUT2D eigenvalue weighted by atomic mass is 19.1. The normalized spacial score (nSPS) is 9.89. The molecule has 102 valence electrons. The van der Waals surface area contributed by atoms with Crippen LogP contribution in [0, 0.1) is 5.82 Å². The fourth-order valence-electron chi connectivity index (χ4n) is 1.21. The minimum absolute atomic E-state index is 0.208. The van der Waals surface area contributed by atoms with Gasteiger partial charge in [-0.15, -0.1) is 0 Å². The first-order chi connectivity index (χ1) is 8.91. The Morgan fingerprint density at radius 2 is 1.68 bits per heavy atom. The third-order valence-electron chi connectivity index (χ3n) is 2.03. The van der Waals surface area contributed by atoms with Crippen LogP contribution in [0.2, 0.25) is 0 Å². The first-order valence-electron chi connectivity index (χ1n) is 5.57. The van der Waals surface area contributed by atoms with Crippen LogP contribution in [0.1, 0.15) is 24.2 Å². The lowest BCUT2D eigenvalue weighted by Crippen LogP contribution is -2.49. The maximum absolute atomic E-state index is 13.2. The van der Waals surface area contributed by atoms with E-state index in [1.165, 1.54) is 18.2 Å². The lowest BCUT2D eigenvalue weighted by atomic mass is 10.2. The van der Waals surface area contributed by atoms with Crippen molar-refractivity contribution in [3.63, 3.8) is 0 Å². The highest BCUT2D eigenvalue weighted by molar-refractivity contribution is 6.35. The second-order valence-electron chi connectivity index (χ2n) is 4.02. The van der Waals surface area contributed by atoms with Crippen LogP contribution in [-0.2, 0) is 9.59 Å². The topological polar surface area (TPSA) is 87.3 Å². The highest BCUT2D eigenvalue weighted by Crippen LogP contribution is 2.04. The smallest absolute Gasteiger partial charge is 0.327 e. The first-order valence-corrected chi connectivity index (χ1v) is 5.57. The predicted octanol–water partition coefficient (Wildman–Crippen LogP) is 0.111. The fraction of sp³-hybridized carbons (Fsp3) is 0.250. The molecule has 0 fully saturated rings. The molecular weight excluding hydrogens is 253 g/mol. The second-order valence-corrected chi connectivity index (χ2v) is 4.02. The summed E-state index contributed by atoms with van der Waals surface area (Å²) in [5.41, 5.74) is 3.62. The molecule has 1 aromatic rings. The average molecular weight is 267 g/mol. The van der Waals surface area contributed by atoms with Gasteiger partial charge in [-0.25, -0.2) is 4.39 Å². The van der Waals surface area contributed by atoms with Crippen LogP contribution in [0.4, 0.5) is 4.39 Å². The second kappa shape index (κ2) is 6.48. The number of halogens is 1. The molecule has 0 saturated carbocycles. The van der Waals surface area contributed by atoms with Crippen molar-refractivity contribution in [3.8, 4) is 0 Å². The third kappa shape index (κ3) is 4.38. The number of carbonyl (C=O) groups excluding carboxylic acids is 3. The van der Waals surface area contributed by atoms with Gasteiger partial charge in [-0.2, -0.15) is 0 Å². The van der Waals surface area contributed by atoms with Crippen LogP contribution in [0.5, 0.6) is 0 Å². The molecule has 3 amide bonds. The molecule has 0 atom stereocenters. The van der Waals surface area contributed by atoms with E-state index in [0.29, 0.717) is 0 Å². The molecule has 1 aromatic carbocycles. The molecule has 19 heavy (non-hydrogen) atoms. The lowest BCUT2D eigenvalue weighted by Gasteiger charge is -2.09. The van der Waals surface area contributed by atoms with E-state index in [9.17, 15) is 18.8 Å². The maximum atomic E-state index is 13.2. The van der Waals surface area contributed by atoms with E-state index in [0.717, 1.165) is 6.07 Å². The van der Waals surface area contributed by atoms with Crippen molar-refractivity contribution in [3.05, 3.63) is 35.6 Å². The zero-order chi connectivity index (χ0) is 14.4. The molecule has 7 heteroatoms. The summed E-state index contributed by atoms with van der Waals surface area (Å²) in [7, 11) is 0. The fourth-order valence-corrected chi connectivity index (χ4v) is 1.21.